The van der Waals surface area contributed by atoms with Crippen molar-refractivity contribution in [3.63, 3.8) is 0 Å². The van der Waals surface area contributed by atoms with Gasteiger partial charge < -0.3 is 24.1 Å². The summed E-state index contributed by atoms with van der Waals surface area (Å²) in [6, 6.07) is 10.8. The molecule has 10 nitrogen and oxygen atoms in total. The second-order valence-corrected chi connectivity index (χ2v) is 14.6. The van der Waals surface area contributed by atoms with Gasteiger partial charge in [-0.1, -0.05) is 0 Å². The van der Waals surface area contributed by atoms with Crippen LogP contribution in [0.5, 0.6) is 17.2 Å². The summed E-state index contributed by atoms with van der Waals surface area (Å²) >= 11 is 0. The molecule has 1 atom stereocenters. The van der Waals surface area contributed by atoms with Gasteiger partial charge in [0.05, 0.1) is 17.8 Å². The zero-order valence-corrected chi connectivity index (χ0v) is 22.8. The normalized spacial score (nSPS) is 14.8. The molecule has 0 saturated heterocycles. The SMILES string of the molecule is COC[C@H](C)Oc1cc(Oc2ccc(S(C)(=O)=O)cc2)cc(C(=O)NC2=NN(CP(C)(C)=O)CC2)c1. The van der Waals surface area contributed by atoms with E-state index in [-0.39, 0.29) is 16.6 Å². The maximum atomic E-state index is 13.0. The average Bonchev–Trinajstić information content (AvgIpc) is 3.18. The molecule has 0 unspecified atom stereocenters. The highest BCUT2D eigenvalue weighted by Crippen LogP contribution is 2.37. The topological polar surface area (TPSA) is 124 Å². The lowest BCUT2D eigenvalue weighted by Crippen LogP contribution is -2.29. The van der Waals surface area contributed by atoms with Crippen LogP contribution in [0.2, 0.25) is 0 Å². The van der Waals surface area contributed by atoms with Crippen LogP contribution < -0.4 is 14.8 Å². The number of amidine groups is 1. The van der Waals surface area contributed by atoms with E-state index in [1.165, 1.54) is 12.1 Å². The van der Waals surface area contributed by atoms with Crippen molar-refractivity contribution < 1.29 is 32.0 Å². The summed E-state index contributed by atoms with van der Waals surface area (Å²) in [6.07, 6.45) is 1.74. The van der Waals surface area contributed by atoms with Gasteiger partial charge in [-0.05, 0) is 56.7 Å². The van der Waals surface area contributed by atoms with E-state index in [2.05, 4.69) is 10.4 Å². The first-order chi connectivity index (χ1) is 16.8. The molecule has 0 bridgehead atoms. The van der Waals surface area contributed by atoms with Crippen molar-refractivity contribution in [2.45, 2.75) is 24.3 Å². The minimum absolute atomic E-state index is 0.175. The highest BCUT2D eigenvalue weighted by atomic mass is 32.2. The van der Waals surface area contributed by atoms with Gasteiger partial charge in [0.2, 0.25) is 0 Å². The molecular weight excluding hydrogens is 505 g/mol. The van der Waals surface area contributed by atoms with Gasteiger partial charge in [0.25, 0.3) is 5.91 Å². The lowest BCUT2D eigenvalue weighted by Gasteiger charge is -2.16. The number of sulfone groups is 1. The van der Waals surface area contributed by atoms with Crippen LogP contribution in [0.3, 0.4) is 0 Å². The molecule has 196 valence electrons. The molecule has 12 heteroatoms. The Hall–Kier alpha value is -2.88. The van der Waals surface area contributed by atoms with Gasteiger partial charge in [-0.15, -0.1) is 0 Å². The van der Waals surface area contributed by atoms with E-state index >= 15 is 0 Å². The van der Waals surface area contributed by atoms with Crippen molar-refractivity contribution in [3.8, 4) is 17.2 Å². The predicted octanol–water partition coefficient (Wildman–Crippen LogP) is 3.63. The van der Waals surface area contributed by atoms with E-state index in [1.54, 1.807) is 55.8 Å². The molecule has 2 aromatic rings. The summed E-state index contributed by atoms with van der Waals surface area (Å²) < 4.78 is 52.4. The smallest absolute Gasteiger partial charge is 0.256 e. The Morgan fingerprint density at radius 3 is 2.42 bits per heavy atom. The third-order valence-corrected chi connectivity index (χ3v) is 7.14. The summed E-state index contributed by atoms with van der Waals surface area (Å²) in [7, 11) is -4.05. The number of nitrogens with one attached hydrogen (secondary N) is 1. The number of ether oxygens (including phenoxy) is 3. The van der Waals surface area contributed by atoms with E-state index in [0.29, 0.717) is 48.9 Å². The molecule has 36 heavy (non-hydrogen) atoms. The van der Waals surface area contributed by atoms with Gasteiger partial charge in [0.15, 0.2) is 9.84 Å². The first kappa shape index (κ1) is 27.7. The Kier molecular flexibility index (Phi) is 8.81. The molecule has 0 fully saturated rings. The first-order valence-corrected chi connectivity index (χ1v) is 16.0. The fraction of sp³-hybridized carbons (Fsp3) is 0.417. The lowest BCUT2D eigenvalue weighted by atomic mass is 10.1. The molecule has 2 aromatic carbocycles. The van der Waals surface area contributed by atoms with Crippen LogP contribution >= 0.6 is 7.14 Å². The minimum atomic E-state index is -3.33. The number of rotatable bonds is 10. The van der Waals surface area contributed by atoms with Crippen LogP contribution in [-0.2, 0) is 19.1 Å². The molecule has 0 radical (unpaired) electrons. The van der Waals surface area contributed by atoms with Crippen LogP contribution in [0.1, 0.15) is 23.7 Å². The van der Waals surface area contributed by atoms with Crippen molar-refractivity contribution in [1.82, 2.24) is 10.3 Å². The average molecular weight is 538 g/mol. The number of hydrogen-bond donors (Lipinski definition) is 1. The molecular formula is C24H32N3O7PS. The van der Waals surface area contributed by atoms with E-state index < -0.39 is 22.9 Å². The third-order valence-electron chi connectivity index (χ3n) is 5.00. The Bertz CT molecular complexity index is 1270. The van der Waals surface area contributed by atoms with Crippen LogP contribution in [0, 0.1) is 0 Å². The van der Waals surface area contributed by atoms with Crippen LogP contribution in [0.4, 0.5) is 0 Å². The molecule has 3 rings (SSSR count). The first-order valence-electron chi connectivity index (χ1n) is 11.3. The second-order valence-electron chi connectivity index (χ2n) is 9.12. The Balaban J connectivity index is 1.82. The summed E-state index contributed by atoms with van der Waals surface area (Å²) in [5.74, 6) is 1.24. The molecule has 0 aromatic heterocycles. The maximum absolute atomic E-state index is 13.0. The van der Waals surface area contributed by atoms with Gasteiger partial charge >= 0.3 is 0 Å². The monoisotopic (exact) mass is 537 g/mol. The Labute approximate surface area is 211 Å². The molecule has 1 N–H and O–H groups in total. The largest absolute Gasteiger partial charge is 0.488 e. The number of carbonyl (C=O) groups excluding carboxylic acids is 1. The lowest BCUT2D eigenvalue weighted by molar-refractivity contribution is 0.0912. The number of hydrazone groups is 1. The molecule has 0 aliphatic carbocycles. The summed E-state index contributed by atoms with van der Waals surface area (Å²) in [5.41, 5.74) is 0.290. The summed E-state index contributed by atoms with van der Waals surface area (Å²) in [4.78, 5) is 13.2. The standard InChI is InChI=1S/C24H32N3O7PS/c1-17(15-32-2)33-20-12-18(24(28)25-23-10-11-27(26-23)16-35(3,4)29)13-21(14-20)34-19-6-8-22(9-7-19)36(5,30)31/h6-9,12-14,17H,10-11,15-16H2,1-5H3,(H,25,26,28)/t17-/m0/s1. The van der Waals surface area contributed by atoms with Crippen molar-refractivity contribution in [2.75, 3.05) is 46.1 Å². The van der Waals surface area contributed by atoms with Crippen LogP contribution in [-0.4, -0.2) is 77.4 Å². The number of carbonyl (C=O) groups is 1. The van der Waals surface area contributed by atoms with Gasteiger partial charge in [0, 0.05) is 38.0 Å². The quantitative estimate of drug-likeness (QED) is 0.456. The number of methoxy groups -OCH3 is 1. The van der Waals surface area contributed by atoms with Gasteiger partial charge in [-0.3, -0.25) is 9.80 Å². The minimum Gasteiger partial charge on any atom is -0.488 e. The van der Waals surface area contributed by atoms with Crippen LogP contribution in [0.25, 0.3) is 0 Å². The van der Waals surface area contributed by atoms with Crippen molar-refractivity contribution in [1.29, 1.82) is 0 Å². The van der Waals surface area contributed by atoms with Gasteiger partial charge in [0.1, 0.15) is 36.3 Å². The molecule has 0 saturated carbocycles. The van der Waals surface area contributed by atoms with Crippen molar-refractivity contribution in [2.24, 2.45) is 5.10 Å². The van der Waals surface area contributed by atoms with Gasteiger partial charge in [-0.2, -0.15) is 5.10 Å². The number of benzene rings is 2. The second kappa shape index (κ2) is 11.5. The van der Waals surface area contributed by atoms with E-state index in [1.807, 2.05) is 6.92 Å². The van der Waals surface area contributed by atoms with Crippen molar-refractivity contribution >= 4 is 28.7 Å². The summed E-state index contributed by atoms with van der Waals surface area (Å²) in [5, 5.41) is 8.88. The zero-order valence-electron chi connectivity index (χ0n) is 21.1. The molecule has 1 heterocycles. The van der Waals surface area contributed by atoms with Crippen molar-refractivity contribution in [3.05, 3.63) is 48.0 Å². The molecule has 1 aliphatic heterocycles. The fourth-order valence-electron chi connectivity index (χ4n) is 3.51. The van der Waals surface area contributed by atoms with E-state index in [9.17, 15) is 17.8 Å². The highest BCUT2D eigenvalue weighted by Gasteiger charge is 2.22. The third kappa shape index (κ3) is 8.36. The Morgan fingerprint density at radius 1 is 1.14 bits per heavy atom. The number of amides is 1. The predicted molar refractivity (Wildman–Crippen MR) is 139 cm³/mol. The number of nitrogens with zero attached hydrogens (tertiary/aromatic N) is 2. The zero-order chi connectivity index (χ0) is 26.5. The highest BCUT2D eigenvalue weighted by molar-refractivity contribution is 7.90. The van der Waals surface area contributed by atoms with Crippen LogP contribution in [0.15, 0.2) is 52.5 Å². The molecule has 1 amide bonds. The molecule has 1 aliphatic rings. The summed E-state index contributed by atoms with van der Waals surface area (Å²) in [6.45, 7) is 6.17. The van der Waals surface area contributed by atoms with Gasteiger partial charge in [-0.25, -0.2) is 8.42 Å². The van der Waals surface area contributed by atoms with E-state index in [4.69, 9.17) is 14.2 Å². The number of hydrogen-bond acceptors (Lipinski definition) is 9. The maximum Gasteiger partial charge on any atom is 0.256 e. The fourth-order valence-corrected chi connectivity index (χ4v) is 5.14. The molecule has 0 spiro atoms. The Morgan fingerprint density at radius 2 is 1.81 bits per heavy atom. The van der Waals surface area contributed by atoms with E-state index in [0.717, 1.165) is 6.26 Å².